The highest BCUT2D eigenvalue weighted by molar-refractivity contribution is 9.11. The number of rotatable bonds is 2. The molecule has 1 aromatic heterocycles. The molecule has 0 aliphatic heterocycles. The third-order valence-electron chi connectivity index (χ3n) is 4.86. The van der Waals surface area contributed by atoms with E-state index in [4.69, 9.17) is 27.9 Å². The minimum Gasteiger partial charge on any atom is -0.506 e. The van der Waals surface area contributed by atoms with E-state index in [0.717, 1.165) is 0 Å². The zero-order valence-electron chi connectivity index (χ0n) is 15.4. The van der Waals surface area contributed by atoms with Gasteiger partial charge in [-0.15, -0.1) is 0 Å². The van der Waals surface area contributed by atoms with Gasteiger partial charge in [-0.2, -0.15) is 0 Å². The summed E-state index contributed by atoms with van der Waals surface area (Å²) in [4.78, 5) is 30.6. The zero-order valence-corrected chi connectivity index (χ0v) is 20.1. The molecule has 0 unspecified atom stereocenters. The average molecular weight is 572 g/mol. The van der Waals surface area contributed by atoms with Crippen LogP contribution in [-0.4, -0.2) is 29.0 Å². The Labute approximate surface area is 198 Å². The number of phenolic OH excluding ortho intramolecular Hbond substituents is 1. The van der Waals surface area contributed by atoms with Gasteiger partial charge < -0.3 is 9.84 Å². The number of fused-ring (bicyclic) bond motifs is 3. The number of carbonyl (C=O) groups excluding carboxylic acids is 2. The Hall–Kier alpha value is -1.93. The fourth-order valence-corrected chi connectivity index (χ4v) is 5.05. The Balaban J connectivity index is 2.15. The van der Waals surface area contributed by atoms with Crippen molar-refractivity contribution in [2.24, 2.45) is 0 Å². The Morgan fingerprint density at radius 1 is 1.03 bits per heavy atom. The van der Waals surface area contributed by atoms with Gasteiger partial charge in [-0.1, -0.05) is 23.2 Å². The minimum atomic E-state index is -0.627. The van der Waals surface area contributed by atoms with Crippen LogP contribution < -0.4 is 0 Å². The van der Waals surface area contributed by atoms with Crippen LogP contribution in [0.4, 0.5) is 0 Å². The van der Waals surface area contributed by atoms with E-state index in [-0.39, 0.29) is 27.7 Å². The van der Waals surface area contributed by atoms with Crippen LogP contribution in [0.25, 0.3) is 22.4 Å². The van der Waals surface area contributed by atoms with Gasteiger partial charge >= 0.3 is 5.97 Å². The number of nitrogens with zero attached hydrogens (tertiary/aromatic N) is 1. The van der Waals surface area contributed by atoms with Crippen LogP contribution >= 0.6 is 55.1 Å². The van der Waals surface area contributed by atoms with Crippen molar-refractivity contribution < 1.29 is 19.4 Å². The summed E-state index contributed by atoms with van der Waals surface area (Å²) in [7, 11) is 1.26. The maximum absolute atomic E-state index is 13.4. The first-order chi connectivity index (χ1) is 14.1. The smallest absolute Gasteiger partial charge is 0.340 e. The number of aromatic nitrogens is 1. The number of aryl methyl sites for hydroxylation is 1. The van der Waals surface area contributed by atoms with E-state index < -0.39 is 5.97 Å². The van der Waals surface area contributed by atoms with Gasteiger partial charge in [0, 0.05) is 16.7 Å². The molecule has 1 aliphatic carbocycles. The lowest BCUT2D eigenvalue weighted by molar-refractivity contribution is 0.0600. The maximum Gasteiger partial charge on any atom is 0.340 e. The summed E-state index contributed by atoms with van der Waals surface area (Å²) in [6, 6.07) is 6.35. The Kier molecular flexibility index (Phi) is 5.43. The summed E-state index contributed by atoms with van der Waals surface area (Å²) in [6.45, 7) is 1.67. The summed E-state index contributed by atoms with van der Waals surface area (Å²) in [6.07, 6.45) is 0. The van der Waals surface area contributed by atoms with Crippen molar-refractivity contribution >= 4 is 66.8 Å². The molecule has 0 atom stereocenters. The molecule has 1 N–H and O–H groups in total. The minimum absolute atomic E-state index is 0.00559. The van der Waals surface area contributed by atoms with Gasteiger partial charge in [0.05, 0.1) is 48.6 Å². The molecule has 0 spiro atoms. The standard InChI is InChI=1S/C21H11Br2Cl2NO4/c1-7-15(21(29)30-2)16(8-3-11(22)20(28)12(23)4-8)17-18(26-7)9-5-13(24)14(25)6-10(9)19(17)27/h3-6,28H,1-2H3. The number of ether oxygens (including phenoxy) is 1. The molecule has 0 saturated heterocycles. The second-order valence-corrected chi connectivity index (χ2v) is 9.11. The largest absolute Gasteiger partial charge is 0.506 e. The molecule has 3 aromatic rings. The van der Waals surface area contributed by atoms with Crippen molar-refractivity contribution in [1.29, 1.82) is 0 Å². The lowest BCUT2D eigenvalue weighted by Crippen LogP contribution is -2.12. The number of esters is 1. The summed E-state index contributed by atoms with van der Waals surface area (Å²) >= 11 is 18.9. The molecule has 9 heteroatoms. The van der Waals surface area contributed by atoms with E-state index in [0.29, 0.717) is 47.6 Å². The number of carbonyl (C=O) groups is 2. The van der Waals surface area contributed by atoms with Gasteiger partial charge in [0.25, 0.3) is 0 Å². The average Bonchev–Trinajstić information content (AvgIpc) is 2.95. The van der Waals surface area contributed by atoms with Gasteiger partial charge in [0.1, 0.15) is 5.75 Å². The number of aromatic hydroxyl groups is 1. The van der Waals surface area contributed by atoms with Crippen LogP contribution in [0.1, 0.15) is 32.0 Å². The summed E-state index contributed by atoms with van der Waals surface area (Å²) < 4.78 is 5.75. The first kappa shape index (κ1) is 21.3. The third-order valence-corrected chi connectivity index (χ3v) is 6.79. The van der Waals surface area contributed by atoms with Crippen molar-refractivity contribution in [1.82, 2.24) is 4.98 Å². The second-order valence-electron chi connectivity index (χ2n) is 6.59. The number of pyridine rings is 1. The van der Waals surface area contributed by atoms with Crippen LogP contribution in [0, 0.1) is 6.92 Å². The Bertz CT molecular complexity index is 1270. The van der Waals surface area contributed by atoms with Crippen molar-refractivity contribution in [3.05, 3.63) is 65.6 Å². The van der Waals surface area contributed by atoms with E-state index in [1.165, 1.54) is 13.2 Å². The van der Waals surface area contributed by atoms with E-state index >= 15 is 0 Å². The molecular weight excluding hydrogens is 561 g/mol. The van der Waals surface area contributed by atoms with Crippen molar-refractivity contribution in [2.45, 2.75) is 6.92 Å². The Morgan fingerprint density at radius 2 is 1.60 bits per heavy atom. The van der Waals surface area contributed by atoms with E-state index in [9.17, 15) is 14.7 Å². The monoisotopic (exact) mass is 569 g/mol. The second kappa shape index (κ2) is 7.64. The van der Waals surface area contributed by atoms with Crippen LogP contribution in [0.15, 0.2) is 33.2 Å². The van der Waals surface area contributed by atoms with Crippen LogP contribution in [0.5, 0.6) is 5.75 Å². The van der Waals surface area contributed by atoms with Crippen LogP contribution in [0.3, 0.4) is 0 Å². The molecular formula is C21H11Br2Cl2NO4. The zero-order chi connectivity index (χ0) is 21.9. The van der Waals surface area contributed by atoms with Gasteiger partial charge in [0.2, 0.25) is 0 Å². The number of methoxy groups -OCH3 is 1. The lowest BCUT2D eigenvalue weighted by atomic mass is 9.92. The topological polar surface area (TPSA) is 76.5 Å². The number of halogens is 4. The molecule has 0 bridgehead atoms. The maximum atomic E-state index is 13.4. The molecule has 0 amide bonds. The number of hydrogen-bond donors (Lipinski definition) is 1. The molecule has 2 aromatic carbocycles. The van der Waals surface area contributed by atoms with E-state index in [1.807, 2.05) is 0 Å². The molecule has 0 saturated carbocycles. The van der Waals surface area contributed by atoms with Crippen molar-refractivity contribution in [3.8, 4) is 28.1 Å². The first-order valence-electron chi connectivity index (χ1n) is 8.51. The predicted molar refractivity (Wildman–Crippen MR) is 122 cm³/mol. The summed E-state index contributed by atoms with van der Waals surface area (Å²) in [5, 5.41) is 10.7. The van der Waals surface area contributed by atoms with Crippen molar-refractivity contribution in [2.75, 3.05) is 7.11 Å². The predicted octanol–water partition coefficient (Wildman–Crippen LogP) is 6.59. The highest BCUT2D eigenvalue weighted by Gasteiger charge is 2.36. The molecule has 4 rings (SSSR count). The molecule has 5 nitrogen and oxygen atoms in total. The highest BCUT2D eigenvalue weighted by atomic mass is 79.9. The van der Waals surface area contributed by atoms with Gasteiger partial charge in [-0.3, -0.25) is 9.78 Å². The Morgan fingerprint density at radius 3 is 2.17 bits per heavy atom. The SMILES string of the molecule is COC(=O)c1c(C)nc2c(c1-c1cc(Br)c(O)c(Br)c1)C(=O)c1cc(Cl)c(Cl)cc1-2. The highest BCUT2D eigenvalue weighted by Crippen LogP contribution is 2.47. The van der Waals surface area contributed by atoms with Gasteiger partial charge in [0.15, 0.2) is 5.78 Å². The normalized spacial score (nSPS) is 12.0. The molecule has 152 valence electrons. The molecule has 0 radical (unpaired) electrons. The fraction of sp³-hybridized carbons (Fsp3) is 0.0952. The van der Waals surface area contributed by atoms with Crippen LogP contribution in [0.2, 0.25) is 10.0 Å². The quantitative estimate of drug-likeness (QED) is 0.275. The number of ketones is 1. The number of phenols is 1. The molecule has 1 heterocycles. The van der Waals surface area contributed by atoms with Crippen molar-refractivity contribution in [3.63, 3.8) is 0 Å². The number of hydrogen-bond acceptors (Lipinski definition) is 5. The fourth-order valence-electron chi connectivity index (χ4n) is 3.54. The molecule has 30 heavy (non-hydrogen) atoms. The lowest BCUT2D eigenvalue weighted by Gasteiger charge is -2.16. The summed E-state index contributed by atoms with van der Waals surface area (Å²) in [5.74, 6) is -0.960. The number of benzene rings is 2. The van der Waals surface area contributed by atoms with E-state index in [2.05, 4.69) is 36.8 Å². The third kappa shape index (κ3) is 3.15. The van der Waals surface area contributed by atoms with Gasteiger partial charge in [-0.25, -0.2) is 4.79 Å². The molecule has 0 fully saturated rings. The van der Waals surface area contributed by atoms with E-state index in [1.54, 1.807) is 25.1 Å². The van der Waals surface area contributed by atoms with Gasteiger partial charge in [-0.05, 0) is 68.6 Å². The molecule has 1 aliphatic rings. The first-order valence-corrected chi connectivity index (χ1v) is 10.8. The van der Waals surface area contributed by atoms with Crippen LogP contribution in [-0.2, 0) is 4.74 Å². The summed E-state index contributed by atoms with van der Waals surface area (Å²) in [5.41, 5.74) is 2.99.